The molecule has 1 N–H and O–H groups in total. The van der Waals surface area contributed by atoms with Crippen LogP contribution in [-0.2, 0) is 4.43 Å². The second kappa shape index (κ2) is 11.2. The molecule has 3 aromatic carbocycles. The summed E-state index contributed by atoms with van der Waals surface area (Å²) < 4.78 is 40.8. The molecule has 6 nitrogen and oxygen atoms in total. The molecule has 0 bridgehead atoms. The summed E-state index contributed by atoms with van der Waals surface area (Å²) >= 11 is 6.35. The maximum Gasteiger partial charge on any atom is 0.387 e. The molecule has 0 saturated carbocycles. The monoisotopic (exact) mass is 604 g/mol. The number of aromatic nitrogens is 3. The van der Waals surface area contributed by atoms with Crippen LogP contribution in [0.4, 0.5) is 8.78 Å². The van der Waals surface area contributed by atoms with E-state index in [0.29, 0.717) is 29.1 Å². The highest BCUT2D eigenvalue weighted by Gasteiger charge is 2.53. The fourth-order valence-corrected chi connectivity index (χ4v) is 10.8. The van der Waals surface area contributed by atoms with Gasteiger partial charge >= 0.3 is 6.61 Å². The van der Waals surface area contributed by atoms with E-state index in [9.17, 15) is 8.78 Å². The molecule has 10 heteroatoms. The normalized spacial score (nSPS) is 17.4. The zero-order chi connectivity index (χ0) is 29.5. The van der Waals surface area contributed by atoms with Gasteiger partial charge in [-0.1, -0.05) is 111 Å². The highest BCUT2D eigenvalue weighted by Crippen LogP contribution is 2.43. The minimum absolute atomic E-state index is 0.0827. The number of imidazole rings is 1. The molecule has 0 fully saturated rings. The molecule has 1 aliphatic rings. The zero-order valence-electron chi connectivity index (χ0n) is 23.5. The predicted molar refractivity (Wildman–Crippen MR) is 162 cm³/mol. The van der Waals surface area contributed by atoms with E-state index in [1.165, 1.54) is 6.07 Å². The Morgan fingerprint density at radius 3 is 2.14 bits per heavy atom. The van der Waals surface area contributed by atoms with Crippen LogP contribution in [0.5, 0.6) is 5.75 Å². The molecule has 216 valence electrons. The van der Waals surface area contributed by atoms with Gasteiger partial charge in [-0.05, 0) is 33.6 Å². The second-order valence-electron chi connectivity index (χ2n) is 11.3. The number of hydrogen-bond donors (Lipinski definition) is 1. The SMILES string of the molecule is CC(C)(C)[Si](O[C@@H]1CN[C@@H](c2ccccc2OC(F)F)c2c1nc1ccc(Cl)nn21)(c1ccccc1)c1ccccc1. The standard InChI is InChI=1S/C32H31ClF2N4O2Si/c1-32(2,3)42(21-12-6-4-7-13-21,22-14-8-5-9-15-22)41-25-20-36-28(23-16-10-11-17-24(23)40-31(34)35)30-29(25)37-27-19-18-26(33)38-39(27)30/h4-19,25,28,31,36H,20H2,1-3H3/t25-,28+/m1/s1. The van der Waals surface area contributed by atoms with E-state index < -0.39 is 27.1 Å². The molecule has 2 atom stereocenters. The Kier molecular flexibility index (Phi) is 7.61. The van der Waals surface area contributed by atoms with E-state index >= 15 is 0 Å². The molecule has 42 heavy (non-hydrogen) atoms. The van der Waals surface area contributed by atoms with Crippen molar-refractivity contribution in [3.8, 4) is 5.75 Å². The zero-order valence-corrected chi connectivity index (χ0v) is 25.2. The Bertz CT molecular complexity index is 1660. The molecule has 5 aromatic rings. The Balaban J connectivity index is 1.55. The van der Waals surface area contributed by atoms with Crippen molar-refractivity contribution < 1.29 is 17.9 Å². The second-order valence-corrected chi connectivity index (χ2v) is 16.0. The van der Waals surface area contributed by atoms with Crippen LogP contribution in [0.15, 0.2) is 97.1 Å². The van der Waals surface area contributed by atoms with Gasteiger partial charge < -0.3 is 14.5 Å². The fourth-order valence-electron chi connectivity index (χ4n) is 6.05. The smallest absolute Gasteiger partial charge is 0.387 e. The molecule has 0 radical (unpaired) electrons. The Morgan fingerprint density at radius 2 is 1.52 bits per heavy atom. The van der Waals surface area contributed by atoms with Crippen LogP contribution in [-0.4, -0.2) is 36.1 Å². The summed E-state index contributed by atoms with van der Waals surface area (Å²) in [6, 6.07) is 30.5. The van der Waals surface area contributed by atoms with E-state index in [0.717, 1.165) is 10.4 Å². The largest absolute Gasteiger partial charge is 0.434 e. The Labute approximate surface area is 249 Å². The predicted octanol–water partition coefficient (Wildman–Crippen LogP) is 6.29. The summed E-state index contributed by atoms with van der Waals surface area (Å²) in [5.41, 5.74) is 2.49. The number of nitrogens with one attached hydrogen (secondary N) is 1. The van der Waals surface area contributed by atoms with Crippen molar-refractivity contribution in [1.29, 1.82) is 0 Å². The number of hydrogen-bond acceptors (Lipinski definition) is 5. The van der Waals surface area contributed by atoms with Gasteiger partial charge in [-0.15, -0.1) is 0 Å². The molecule has 0 unspecified atom stereocenters. The summed E-state index contributed by atoms with van der Waals surface area (Å²) in [6.45, 7) is 4.10. The molecule has 0 aliphatic carbocycles. The van der Waals surface area contributed by atoms with Gasteiger partial charge in [0.05, 0.1) is 17.4 Å². The maximum absolute atomic E-state index is 13.4. The lowest BCUT2D eigenvalue weighted by Gasteiger charge is -2.46. The number of nitrogens with zero attached hydrogens (tertiary/aromatic N) is 3. The van der Waals surface area contributed by atoms with Gasteiger partial charge in [0.25, 0.3) is 8.32 Å². The fraction of sp³-hybridized carbons (Fsp3) is 0.250. The molecule has 0 saturated heterocycles. The van der Waals surface area contributed by atoms with Crippen molar-refractivity contribution in [2.45, 2.75) is 44.6 Å². The van der Waals surface area contributed by atoms with E-state index in [4.69, 9.17) is 25.7 Å². The molecule has 3 heterocycles. The van der Waals surface area contributed by atoms with E-state index in [1.54, 1.807) is 34.8 Å². The average Bonchev–Trinajstić information content (AvgIpc) is 3.35. The average molecular weight is 605 g/mol. The summed E-state index contributed by atoms with van der Waals surface area (Å²) in [4.78, 5) is 5.01. The van der Waals surface area contributed by atoms with Gasteiger partial charge in [-0.25, -0.2) is 9.50 Å². The van der Waals surface area contributed by atoms with Gasteiger partial charge in [0, 0.05) is 12.1 Å². The Hall–Kier alpha value is -3.63. The van der Waals surface area contributed by atoms with Crippen molar-refractivity contribution in [3.63, 3.8) is 0 Å². The van der Waals surface area contributed by atoms with Crippen LogP contribution in [0.2, 0.25) is 10.2 Å². The van der Waals surface area contributed by atoms with Crippen LogP contribution in [0.25, 0.3) is 5.65 Å². The summed E-state index contributed by atoms with van der Waals surface area (Å²) in [7, 11) is -2.96. The van der Waals surface area contributed by atoms with Crippen LogP contribution in [0.1, 0.15) is 49.9 Å². The third-order valence-electron chi connectivity index (χ3n) is 7.78. The van der Waals surface area contributed by atoms with Crippen LogP contribution in [0.3, 0.4) is 0 Å². The van der Waals surface area contributed by atoms with Crippen molar-refractivity contribution in [2.24, 2.45) is 0 Å². The minimum Gasteiger partial charge on any atom is -0.434 e. The third kappa shape index (κ3) is 5.00. The molecule has 6 rings (SSSR count). The number of halogens is 3. The first-order valence-electron chi connectivity index (χ1n) is 13.8. The van der Waals surface area contributed by atoms with Gasteiger partial charge in [0.15, 0.2) is 5.65 Å². The number of rotatable bonds is 7. The number of benzene rings is 3. The molecule has 1 aliphatic heterocycles. The Morgan fingerprint density at radius 1 is 0.905 bits per heavy atom. The summed E-state index contributed by atoms with van der Waals surface area (Å²) in [5.74, 6) is 0.0827. The first kappa shape index (κ1) is 28.5. The quantitative estimate of drug-likeness (QED) is 0.221. The van der Waals surface area contributed by atoms with Gasteiger partial charge in [0.2, 0.25) is 0 Å². The van der Waals surface area contributed by atoms with Gasteiger partial charge in [-0.2, -0.15) is 13.9 Å². The van der Waals surface area contributed by atoms with Gasteiger partial charge in [0.1, 0.15) is 17.0 Å². The molecular weight excluding hydrogens is 574 g/mol. The van der Waals surface area contributed by atoms with Crippen LogP contribution < -0.4 is 20.4 Å². The number of ether oxygens (including phenoxy) is 1. The molecule has 0 amide bonds. The molecule has 2 aromatic heterocycles. The maximum atomic E-state index is 13.4. The van der Waals surface area contributed by atoms with Crippen molar-refractivity contribution in [1.82, 2.24) is 19.9 Å². The van der Waals surface area contributed by atoms with E-state index in [1.807, 2.05) is 36.4 Å². The van der Waals surface area contributed by atoms with E-state index in [-0.39, 0.29) is 15.9 Å². The molecular formula is C32H31ClF2N4O2Si. The van der Waals surface area contributed by atoms with Gasteiger partial charge in [-0.3, -0.25) is 0 Å². The van der Waals surface area contributed by atoms with E-state index in [2.05, 4.69) is 55.5 Å². The summed E-state index contributed by atoms with van der Waals surface area (Å²) in [6.07, 6.45) is -0.466. The highest BCUT2D eigenvalue weighted by molar-refractivity contribution is 6.99. The number of para-hydroxylation sites is 1. The lowest BCUT2D eigenvalue weighted by atomic mass is 9.96. The minimum atomic E-state index is -2.96. The number of fused-ring (bicyclic) bond motifs is 3. The van der Waals surface area contributed by atoms with Crippen molar-refractivity contribution in [2.75, 3.05) is 6.54 Å². The lowest BCUT2D eigenvalue weighted by Crippen LogP contribution is -2.67. The van der Waals surface area contributed by atoms with Crippen molar-refractivity contribution >= 4 is 35.9 Å². The topological polar surface area (TPSA) is 60.7 Å². The van der Waals surface area contributed by atoms with Crippen LogP contribution in [0, 0.1) is 0 Å². The van der Waals surface area contributed by atoms with Crippen LogP contribution >= 0.6 is 11.6 Å². The lowest BCUT2D eigenvalue weighted by molar-refractivity contribution is -0.0507. The van der Waals surface area contributed by atoms with Crippen molar-refractivity contribution in [3.05, 3.63) is 119 Å². The molecule has 0 spiro atoms. The third-order valence-corrected chi connectivity index (χ3v) is 13.0. The first-order valence-corrected chi connectivity index (χ1v) is 16.1. The summed E-state index contributed by atoms with van der Waals surface area (Å²) in [5, 5.41) is 10.4. The number of alkyl halides is 2. The highest BCUT2D eigenvalue weighted by atomic mass is 35.5. The first-order chi connectivity index (χ1) is 20.2.